The van der Waals surface area contributed by atoms with E-state index in [0.29, 0.717) is 0 Å². The molecule has 0 atom stereocenters. The summed E-state index contributed by atoms with van der Waals surface area (Å²) in [6, 6.07) is 10.3. The quantitative estimate of drug-likeness (QED) is 0.833. The monoisotopic (exact) mass is 308 g/mol. The zero-order chi connectivity index (χ0) is 15.5. The largest absolute Gasteiger partial charge is 0.399 e. The number of nitrogens with two attached hydrogens (primary N) is 1. The molecule has 21 heavy (non-hydrogen) atoms. The number of sulfonamides is 1. The first-order valence-corrected chi connectivity index (χ1v) is 8.07. The minimum absolute atomic E-state index is 0.0872. The van der Waals surface area contributed by atoms with Crippen molar-refractivity contribution in [3.8, 4) is 0 Å². The second kappa shape index (κ2) is 6.13. The van der Waals surface area contributed by atoms with Crippen LogP contribution in [-0.4, -0.2) is 8.42 Å². The molecule has 2 rings (SSSR count). The van der Waals surface area contributed by atoms with Crippen LogP contribution in [0, 0.1) is 5.82 Å². The molecule has 0 heterocycles. The van der Waals surface area contributed by atoms with Gasteiger partial charge in [-0.1, -0.05) is 25.5 Å². The standard InChI is InChI=1S/C15H17FN2O2S/c1-2-3-11-4-7-13(8-5-11)21(19,20)18-15-10-12(17)6-9-14(15)16/h4-10,18H,2-3,17H2,1H3. The number of hydrogen-bond donors (Lipinski definition) is 2. The number of nitrogens with one attached hydrogen (secondary N) is 1. The van der Waals surface area contributed by atoms with Gasteiger partial charge in [0.25, 0.3) is 10.0 Å². The number of nitrogen functional groups attached to an aromatic ring is 1. The van der Waals surface area contributed by atoms with Crippen LogP contribution < -0.4 is 10.5 Å². The summed E-state index contributed by atoms with van der Waals surface area (Å²) in [5.74, 6) is -0.671. The molecule has 0 aliphatic carbocycles. The van der Waals surface area contributed by atoms with Crippen LogP contribution in [0.1, 0.15) is 18.9 Å². The zero-order valence-corrected chi connectivity index (χ0v) is 12.5. The Balaban J connectivity index is 2.27. The molecule has 0 saturated carbocycles. The van der Waals surface area contributed by atoms with E-state index in [9.17, 15) is 12.8 Å². The van der Waals surface area contributed by atoms with Crippen molar-refractivity contribution in [2.24, 2.45) is 0 Å². The third-order valence-corrected chi connectivity index (χ3v) is 4.39. The minimum Gasteiger partial charge on any atom is -0.399 e. The Morgan fingerprint density at radius 1 is 1.14 bits per heavy atom. The summed E-state index contributed by atoms with van der Waals surface area (Å²) in [5, 5.41) is 0. The predicted molar refractivity (Wildman–Crippen MR) is 82.1 cm³/mol. The fourth-order valence-electron chi connectivity index (χ4n) is 1.95. The summed E-state index contributed by atoms with van der Waals surface area (Å²) < 4.78 is 40.2. The van der Waals surface area contributed by atoms with Gasteiger partial charge in [-0.25, -0.2) is 12.8 Å². The van der Waals surface area contributed by atoms with Crippen molar-refractivity contribution in [3.63, 3.8) is 0 Å². The molecule has 0 aliphatic rings. The van der Waals surface area contributed by atoms with E-state index in [1.54, 1.807) is 12.1 Å². The average molecular weight is 308 g/mol. The van der Waals surface area contributed by atoms with E-state index >= 15 is 0 Å². The van der Waals surface area contributed by atoms with Crippen molar-refractivity contribution in [2.45, 2.75) is 24.7 Å². The highest BCUT2D eigenvalue weighted by Crippen LogP contribution is 2.22. The van der Waals surface area contributed by atoms with Crippen molar-refractivity contribution in [1.29, 1.82) is 0 Å². The maximum atomic E-state index is 13.6. The molecule has 3 N–H and O–H groups in total. The van der Waals surface area contributed by atoms with Gasteiger partial charge < -0.3 is 5.73 Å². The SMILES string of the molecule is CCCc1ccc(S(=O)(=O)Nc2cc(N)ccc2F)cc1. The van der Waals surface area contributed by atoms with Crippen LogP contribution in [0.2, 0.25) is 0 Å². The summed E-state index contributed by atoms with van der Waals surface area (Å²) >= 11 is 0. The first-order valence-electron chi connectivity index (χ1n) is 6.59. The lowest BCUT2D eigenvalue weighted by molar-refractivity contribution is 0.598. The van der Waals surface area contributed by atoms with E-state index < -0.39 is 15.8 Å². The Labute approximate surface area is 123 Å². The first kappa shape index (κ1) is 15.3. The van der Waals surface area contributed by atoms with Crippen LogP contribution in [0.5, 0.6) is 0 Å². The fraction of sp³-hybridized carbons (Fsp3) is 0.200. The lowest BCUT2D eigenvalue weighted by Gasteiger charge is -2.10. The molecule has 0 amide bonds. The Hall–Kier alpha value is -2.08. The highest BCUT2D eigenvalue weighted by Gasteiger charge is 2.16. The van der Waals surface area contributed by atoms with Crippen molar-refractivity contribution >= 4 is 21.4 Å². The van der Waals surface area contributed by atoms with E-state index in [0.717, 1.165) is 24.5 Å². The summed E-state index contributed by atoms with van der Waals surface area (Å²) in [5.41, 5.74) is 6.72. The van der Waals surface area contributed by atoms with E-state index in [1.165, 1.54) is 24.3 Å². The molecule has 2 aromatic carbocycles. The predicted octanol–water partition coefficient (Wildman–Crippen LogP) is 3.16. The van der Waals surface area contributed by atoms with Gasteiger partial charge in [-0.2, -0.15) is 0 Å². The highest BCUT2D eigenvalue weighted by molar-refractivity contribution is 7.92. The van der Waals surface area contributed by atoms with Crippen LogP contribution in [0.15, 0.2) is 47.4 Å². The summed E-state index contributed by atoms with van der Waals surface area (Å²) in [6.45, 7) is 2.05. The van der Waals surface area contributed by atoms with Crippen LogP contribution in [0.25, 0.3) is 0 Å². The lowest BCUT2D eigenvalue weighted by atomic mass is 10.1. The third-order valence-electron chi connectivity index (χ3n) is 3.01. The molecule has 0 saturated heterocycles. The molecule has 0 aromatic heterocycles. The maximum absolute atomic E-state index is 13.6. The molecule has 0 aliphatic heterocycles. The second-order valence-corrected chi connectivity index (χ2v) is 6.42. The van der Waals surface area contributed by atoms with Gasteiger partial charge in [-0.05, 0) is 42.3 Å². The molecule has 0 spiro atoms. The van der Waals surface area contributed by atoms with Crippen molar-refractivity contribution in [1.82, 2.24) is 0 Å². The second-order valence-electron chi connectivity index (χ2n) is 4.74. The number of halogens is 1. The molecule has 112 valence electrons. The Kier molecular flexibility index (Phi) is 4.47. The topological polar surface area (TPSA) is 72.2 Å². The van der Waals surface area contributed by atoms with Crippen molar-refractivity contribution in [2.75, 3.05) is 10.5 Å². The highest BCUT2D eigenvalue weighted by atomic mass is 32.2. The number of aryl methyl sites for hydroxylation is 1. The van der Waals surface area contributed by atoms with E-state index in [-0.39, 0.29) is 16.3 Å². The van der Waals surface area contributed by atoms with Gasteiger partial charge in [-0.15, -0.1) is 0 Å². The fourth-order valence-corrected chi connectivity index (χ4v) is 3.01. The molecular weight excluding hydrogens is 291 g/mol. The van der Waals surface area contributed by atoms with Crippen molar-refractivity contribution in [3.05, 3.63) is 53.8 Å². The Bertz CT molecular complexity index is 728. The number of anilines is 2. The maximum Gasteiger partial charge on any atom is 0.261 e. The lowest BCUT2D eigenvalue weighted by Crippen LogP contribution is -2.14. The minimum atomic E-state index is -3.83. The molecule has 0 radical (unpaired) electrons. The van der Waals surface area contributed by atoms with Gasteiger partial charge in [0, 0.05) is 5.69 Å². The van der Waals surface area contributed by atoms with Gasteiger partial charge in [0.2, 0.25) is 0 Å². The number of benzene rings is 2. The summed E-state index contributed by atoms with van der Waals surface area (Å²) in [6.07, 6.45) is 1.87. The Morgan fingerprint density at radius 2 is 1.81 bits per heavy atom. The molecule has 2 aromatic rings. The van der Waals surface area contributed by atoms with Gasteiger partial charge in [0.05, 0.1) is 10.6 Å². The molecule has 4 nitrogen and oxygen atoms in total. The third kappa shape index (κ3) is 3.72. The van der Waals surface area contributed by atoms with Gasteiger partial charge >= 0.3 is 0 Å². The molecule has 0 fully saturated rings. The smallest absolute Gasteiger partial charge is 0.261 e. The van der Waals surface area contributed by atoms with Crippen LogP contribution in [0.4, 0.5) is 15.8 Å². The van der Waals surface area contributed by atoms with Crippen LogP contribution >= 0.6 is 0 Å². The number of rotatable bonds is 5. The van der Waals surface area contributed by atoms with Crippen molar-refractivity contribution < 1.29 is 12.8 Å². The summed E-state index contributed by atoms with van der Waals surface area (Å²) in [4.78, 5) is 0.0872. The molecule has 0 bridgehead atoms. The van der Waals surface area contributed by atoms with Gasteiger partial charge in [0.1, 0.15) is 5.82 Å². The van der Waals surface area contributed by atoms with Gasteiger partial charge in [0.15, 0.2) is 0 Å². The first-order chi connectivity index (χ1) is 9.92. The summed E-state index contributed by atoms with van der Waals surface area (Å²) in [7, 11) is -3.83. The van der Waals surface area contributed by atoms with E-state index in [4.69, 9.17) is 5.73 Å². The van der Waals surface area contributed by atoms with Crippen LogP contribution in [-0.2, 0) is 16.4 Å². The molecular formula is C15H17FN2O2S. The van der Waals surface area contributed by atoms with E-state index in [1.807, 2.05) is 0 Å². The average Bonchev–Trinajstić information content (AvgIpc) is 2.44. The Morgan fingerprint density at radius 3 is 2.43 bits per heavy atom. The molecule has 0 unspecified atom stereocenters. The van der Waals surface area contributed by atoms with E-state index in [2.05, 4.69) is 11.6 Å². The zero-order valence-electron chi connectivity index (χ0n) is 11.6. The normalized spacial score (nSPS) is 11.3. The molecule has 6 heteroatoms. The van der Waals surface area contributed by atoms with Crippen LogP contribution in [0.3, 0.4) is 0 Å². The number of hydrogen-bond acceptors (Lipinski definition) is 3. The van der Waals surface area contributed by atoms with Gasteiger partial charge in [-0.3, -0.25) is 4.72 Å².